The van der Waals surface area contributed by atoms with E-state index in [-0.39, 0.29) is 5.92 Å². The molecular weight excluding hydrogens is 466 g/mol. The van der Waals surface area contributed by atoms with Crippen molar-refractivity contribution in [1.82, 2.24) is 19.7 Å². The fourth-order valence-electron chi connectivity index (χ4n) is 5.72. The molecule has 3 aromatic heterocycles. The molecule has 3 heterocycles. The van der Waals surface area contributed by atoms with Gasteiger partial charge in [-0.3, -0.25) is 9.89 Å². The Bertz CT molecular complexity index is 1460. The van der Waals surface area contributed by atoms with Crippen molar-refractivity contribution >= 4 is 28.0 Å². The SMILES string of the molecule is COCC(C)(C)c1c([C@H]2CC[C@](C)(C(=O)O)CC2)c2nc3[nH]ncc3cc2n1-c1ccc(F)c(F)c1. The van der Waals surface area contributed by atoms with Crippen LogP contribution in [0.2, 0.25) is 0 Å². The first-order valence-electron chi connectivity index (χ1n) is 12.1. The van der Waals surface area contributed by atoms with E-state index in [4.69, 9.17) is 9.72 Å². The van der Waals surface area contributed by atoms with E-state index in [1.54, 1.807) is 26.3 Å². The number of methoxy groups -OCH3 is 1. The lowest BCUT2D eigenvalue weighted by molar-refractivity contribution is -0.149. The maximum absolute atomic E-state index is 14.5. The first-order chi connectivity index (χ1) is 17.1. The Labute approximate surface area is 207 Å². The number of nitrogens with zero attached hydrogens (tertiary/aromatic N) is 3. The van der Waals surface area contributed by atoms with Gasteiger partial charge in [0.25, 0.3) is 0 Å². The van der Waals surface area contributed by atoms with Crippen molar-refractivity contribution in [2.24, 2.45) is 5.41 Å². The Kier molecular flexibility index (Phi) is 5.86. The first-order valence-corrected chi connectivity index (χ1v) is 12.1. The Balaban J connectivity index is 1.82. The molecule has 190 valence electrons. The number of ether oxygens (including phenoxy) is 1. The Morgan fingerprint density at radius 2 is 1.97 bits per heavy atom. The highest BCUT2D eigenvalue weighted by atomic mass is 19.2. The number of carboxylic acids is 1. The van der Waals surface area contributed by atoms with Gasteiger partial charge in [0.2, 0.25) is 0 Å². The molecule has 1 fully saturated rings. The molecule has 1 saturated carbocycles. The van der Waals surface area contributed by atoms with Crippen LogP contribution in [0, 0.1) is 17.0 Å². The van der Waals surface area contributed by atoms with E-state index < -0.39 is 28.4 Å². The third-order valence-electron chi connectivity index (χ3n) is 7.70. The monoisotopic (exact) mass is 496 g/mol. The fourth-order valence-corrected chi connectivity index (χ4v) is 5.72. The molecule has 0 unspecified atom stereocenters. The third kappa shape index (κ3) is 3.86. The number of aliphatic carboxylic acids is 1. The van der Waals surface area contributed by atoms with Crippen LogP contribution in [-0.2, 0) is 14.9 Å². The number of carboxylic acid groups (broad SMARTS) is 1. The number of aromatic nitrogens is 4. The molecule has 1 aliphatic carbocycles. The van der Waals surface area contributed by atoms with Crippen molar-refractivity contribution in [2.75, 3.05) is 13.7 Å². The molecule has 2 N–H and O–H groups in total. The summed E-state index contributed by atoms with van der Waals surface area (Å²) in [4.78, 5) is 16.8. The van der Waals surface area contributed by atoms with Crippen molar-refractivity contribution in [2.45, 2.75) is 57.8 Å². The minimum Gasteiger partial charge on any atom is -0.481 e. The van der Waals surface area contributed by atoms with E-state index in [1.165, 1.54) is 6.07 Å². The molecule has 0 saturated heterocycles. The van der Waals surface area contributed by atoms with Crippen LogP contribution in [0.1, 0.15) is 63.6 Å². The Morgan fingerprint density at radius 1 is 1.25 bits per heavy atom. The number of rotatable bonds is 6. The van der Waals surface area contributed by atoms with Gasteiger partial charge < -0.3 is 14.4 Å². The van der Waals surface area contributed by atoms with Crippen LogP contribution in [0.5, 0.6) is 0 Å². The van der Waals surface area contributed by atoms with Crippen LogP contribution in [0.4, 0.5) is 8.78 Å². The lowest BCUT2D eigenvalue weighted by atomic mass is 9.69. The van der Waals surface area contributed by atoms with Crippen molar-refractivity contribution in [1.29, 1.82) is 0 Å². The number of nitrogens with one attached hydrogen (secondary N) is 1. The highest BCUT2D eigenvalue weighted by molar-refractivity contribution is 5.94. The van der Waals surface area contributed by atoms with Gasteiger partial charge in [-0.2, -0.15) is 5.10 Å². The minimum atomic E-state index is -0.932. The second-order valence-corrected chi connectivity index (χ2v) is 10.8. The van der Waals surface area contributed by atoms with Gasteiger partial charge in [0.05, 0.1) is 29.3 Å². The predicted molar refractivity (Wildman–Crippen MR) is 132 cm³/mol. The average Bonchev–Trinajstić information content (AvgIpc) is 3.42. The van der Waals surface area contributed by atoms with Crippen LogP contribution in [0.3, 0.4) is 0 Å². The number of hydrogen-bond acceptors (Lipinski definition) is 4. The van der Waals surface area contributed by atoms with E-state index in [9.17, 15) is 18.7 Å². The quantitative estimate of drug-likeness (QED) is 0.349. The summed E-state index contributed by atoms with van der Waals surface area (Å²) >= 11 is 0. The maximum atomic E-state index is 14.5. The number of aromatic amines is 1. The number of hydrogen-bond donors (Lipinski definition) is 2. The molecule has 1 aliphatic rings. The number of benzene rings is 1. The molecule has 9 heteroatoms. The van der Waals surface area contributed by atoms with Crippen LogP contribution in [0.15, 0.2) is 30.5 Å². The number of pyridine rings is 1. The molecule has 1 aromatic carbocycles. The molecule has 7 nitrogen and oxygen atoms in total. The smallest absolute Gasteiger partial charge is 0.309 e. The highest BCUT2D eigenvalue weighted by Crippen LogP contribution is 2.49. The number of carbonyl (C=O) groups is 1. The molecule has 0 spiro atoms. The first kappa shape index (κ1) is 24.4. The Hall–Kier alpha value is -3.33. The summed E-state index contributed by atoms with van der Waals surface area (Å²) in [5.41, 5.74) is 3.25. The number of halogens is 2. The molecule has 0 aliphatic heterocycles. The fraction of sp³-hybridized carbons (Fsp3) is 0.444. The van der Waals surface area contributed by atoms with Gasteiger partial charge in [0, 0.05) is 40.9 Å². The average molecular weight is 497 g/mol. The molecule has 4 aromatic rings. The summed E-state index contributed by atoms with van der Waals surface area (Å²) in [7, 11) is 1.64. The summed E-state index contributed by atoms with van der Waals surface area (Å²) < 4.78 is 35.9. The summed E-state index contributed by atoms with van der Waals surface area (Å²) in [6.07, 6.45) is 4.13. The highest BCUT2D eigenvalue weighted by Gasteiger charge is 2.41. The van der Waals surface area contributed by atoms with Crippen LogP contribution >= 0.6 is 0 Å². The van der Waals surface area contributed by atoms with E-state index in [0.29, 0.717) is 43.6 Å². The number of fused-ring (bicyclic) bond motifs is 2. The molecule has 5 rings (SSSR count). The van der Waals surface area contributed by atoms with Crippen molar-refractivity contribution in [3.05, 3.63) is 53.4 Å². The van der Waals surface area contributed by atoms with E-state index in [1.807, 2.05) is 10.6 Å². The zero-order chi connectivity index (χ0) is 25.8. The zero-order valence-corrected chi connectivity index (χ0v) is 20.9. The topological polar surface area (TPSA) is 93.0 Å². The van der Waals surface area contributed by atoms with Gasteiger partial charge in [-0.1, -0.05) is 13.8 Å². The summed E-state index contributed by atoms with van der Waals surface area (Å²) in [5, 5.41) is 17.6. The van der Waals surface area contributed by atoms with Crippen LogP contribution in [0.25, 0.3) is 27.8 Å². The lowest BCUT2D eigenvalue weighted by Crippen LogP contribution is -2.33. The Morgan fingerprint density at radius 3 is 2.61 bits per heavy atom. The minimum absolute atomic E-state index is 0.0467. The van der Waals surface area contributed by atoms with Gasteiger partial charge >= 0.3 is 5.97 Å². The molecule has 0 atom stereocenters. The molecule has 0 bridgehead atoms. The van der Waals surface area contributed by atoms with Crippen LogP contribution < -0.4 is 0 Å². The van der Waals surface area contributed by atoms with Crippen molar-refractivity contribution < 1.29 is 23.4 Å². The maximum Gasteiger partial charge on any atom is 0.309 e. The van der Waals surface area contributed by atoms with Crippen LogP contribution in [-0.4, -0.2) is 44.5 Å². The molecular formula is C27H30F2N4O3. The normalized spacial score (nSPS) is 20.9. The molecule has 0 radical (unpaired) electrons. The molecule has 36 heavy (non-hydrogen) atoms. The second-order valence-electron chi connectivity index (χ2n) is 10.8. The number of H-pyrrole nitrogens is 1. The standard InChI is InChI=1S/C27H30F2N4O3/c1-26(2,14-36-4)23-21(15-7-9-27(3,10-8-15)25(34)35)22-20(11-16-13-30-32-24(16)31-22)33(23)17-5-6-18(28)19(29)12-17/h5-6,11-13,15H,7-10,14H2,1-4H3,(H,34,35)(H,30,31,32)/t15-,27-. The second kappa shape index (κ2) is 8.65. The lowest BCUT2D eigenvalue weighted by Gasteiger charge is -2.36. The van der Waals surface area contributed by atoms with Crippen molar-refractivity contribution in [3.63, 3.8) is 0 Å². The predicted octanol–water partition coefficient (Wildman–Crippen LogP) is 5.85. The summed E-state index contributed by atoms with van der Waals surface area (Å²) in [6, 6.07) is 5.86. The summed E-state index contributed by atoms with van der Waals surface area (Å²) in [6.45, 7) is 6.31. The van der Waals surface area contributed by atoms with E-state index in [0.717, 1.165) is 33.7 Å². The van der Waals surface area contributed by atoms with Gasteiger partial charge in [0.1, 0.15) is 0 Å². The zero-order valence-electron chi connectivity index (χ0n) is 20.9. The van der Waals surface area contributed by atoms with Gasteiger partial charge in [-0.05, 0) is 56.7 Å². The third-order valence-corrected chi connectivity index (χ3v) is 7.70. The summed E-state index contributed by atoms with van der Waals surface area (Å²) in [5.74, 6) is -2.57. The van der Waals surface area contributed by atoms with Gasteiger partial charge in [0.15, 0.2) is 17.3 Å². The van der Waals surface area contributed by atoms with Gasteiger partial charge in [-0.15, -0.1) is 0 Å². The van der Waals surface area contributed by atoms with Gasteiger partial charge in [-0.25, -0.2) is 13.8 Å². The van der Waals surface area contributed by atoms with Crippen molar-refractivity contribution in [3.8, 4) is 5.69 Å². The van der Waals surface area contributed by atoms with E-state index >= 15 is 0 Å². The largest absolute Gasteiger partial charge is 0.481 e. The molecule has 0 amide bonds. The van der Waals surface area contributed by atoms with E-state index in [2.05, 4.69) is 24.0 Å².